The van der Waals surface area contributed by atoms with E-state index in [4.69, 9.17) is 46.5 Å². The summed E-state index contributed by atoms with van der Waals surface area (Å²) in [6.07, 6.45) is -3.91. The third-order valence-corrected chi connectivity index (χ3v) is 7.73. The van der Waals surface area contributed by atoms with Crippen molar-refractivity contribution in [2.24, 2.45) is 0 Å². The minimum atomic E-state index is -4.11. The minimum absolute atomic E-state index is 0.00186. The standard InChI is InChI=1S/C19H21N10O9PS/c20-13-9-14(23-5-22-13)28-1-2-34-19(32)35-3-7-11(30)12(38-39(33,40)36-4-8(28)25-9)17(37-7)29-6-24-10-15(29)26-18(21)27-16(10)31/h5-7,11-12,17,30H,1-4H2,(H,33,40)(H2,20,22,23)(H3,21,26,27,31)/t7-,11-,12-,17-,39?/m1/s1. The van der Waals surface area contributed by atoms with Crippen LogP contribution in [0.3, 0.4) is 0 Å². The molecule has 0 spiro atoms. The first-order valence-corrected chi connectivity index (χ1v) is 14.2. The van der Waals surface area contributed by atoms with Crippen LogP contribution in [0.25, 0.3) is 22.3 Å². The van der Waals surface area contributed by atoms with Crippen molar-refractivity contribution in [3.63, 3.8) is 0 Å². The molecule has 212 valence electrons. The summed E-state index contributed by atoms with van der Waals surface area (Å²) in [7, 11) is 0. The first-order valence-electron chi connectivity index (χ1n) is 11.6. The molecule has 0 saturated carbocycles. The second-order valence-electron chi connectivity index (χ2n) is 8.66. The molecular weight excluding hydrogens is 575 g/mol. The van der Waals surface area contributed by atoms with Crippen LogP contribution in [0.2, 0.25) is 0 Å². The topological polar surface area (TPSA) is 263 Å². The van der Waals surface area contributed by atoms with E-state index in [-0.39, 0.29) is 54.0 Å². The molecule has 7 N–H and O–H groups in total. The number of rotatable bonds is 1. The number of aromatic nitrogens is 8. The molecule has 4 aromatic rings. The normalized spacial score (nSPS) is 28.0. The molecule has 6 rings (SSSR count). The van der Waals surface area contributed by atoms with Crippen LogP contribution in [-0.4, -0.2) is 86.7 Å². The average Bonchev–Trinajstić information content (AvgIpc) is 3.56. The highest BCUT2D eigenvalue weighted by atomic mass is 32.5. The minimum Gasteiger partial charge on any atom is -0.432 e. The highest BCUT2D eigenvalue weighted by Gasteiger charge is 2.49. The number of carbonyl (C=O) groups excluding carboxylic acids is 1. The SMILES string of the molecule is Nc1nc2c(ncn2[C@@H]2O[C@@H]3COC(=O)OCCn4c(nc5c(N)ncnc54)COP(O)(=S)O[C@@H]2[C@@H]3O)c(=O)[nH]1. The molecule has 1 fully saturated rings. The number of nitrogen functional groups attached to an aromatic ring is 2. The van der Waals surface area contributed by atoms with E-state index in [1.54, 1.807) is 4.57 Å². The second kappa shape index (κ2) is 10.0. The summed E-state index contributed by atoms with van der Waals surface area (Å²) >= 11 is 5.24. The number of imidazole rings is 2. The summed E-state index contributed by atoms with van der Waals surface area (Å²) in [4.78, 5) is 58.5. The van der Waals surface area contributed by atoms with E-state index in [1.807, 2.05) is 0 Å². The number of hydrogen-bond acceptors (Lipinski definition) is 16. The molecule has 0 radical (unpaired) electrons. The van der Waals surface area contributed by atoms with Gasteiger partial charge in [-0.15, -0.1) is 0 Å². The van der Waals surface area contributed by atoms with Crippen LogP contribution in [0, 0.1) is 0 Å². The fourth-order valence-corrected chi connectivity index (χ4v) is 5.73. The molecule has 2 aliphatic rings. The van der Waals surface area contributed by atoms with Crippen molar-refractivity contribution in [1.82, 2.24) is 39.0 Å². The fourth-order valence-electron chi connectivity index (χ4n) is 4.40. The van der Waals surface area contributed by atoms with Gasteiger partial charge in [0, 0.05) is 0 Å². The van der Waals surface area contributed by atoms with E-state index in [0.29, 0.717) is 5.65 Å². The lowest BCUT2D eigenvalue weighted by molar-refractivity contribution is -0.0608. The van der Waals surface area contributed by atoms with Crippen molar-refractivity contribution >= 4 is 58.8 Å². The Hall–Kier alpha value is -3.78. The zero-order chi connectivity index (χ0) is 28.2. The Labute approximate surface area is 227 Å². The number of carbonyl (C=O) groups is 1. The summed E-state index contributed by atoms with van der Waals surface area (Å²) in [6.45, 7) is -5.02. The lowest BCUT2D eigenvalue weighted by atomic mass is 10.1. The van der Waals surface area contributed by atoms with E-state index in [1.165, 1.54) is 17.2 Å². The lowest BCUT2D eigenvalue weighted by Gasteiger charge is -2.26. The van der Waals surface area contributed by atoms with Gasteiger partial charge in [0.25, 0.3) is 5.56 Å². The number of nitrogens with two attached hydrogens (primary N) is 2. The van der Waals surface area contributed by atoms with Crippen LogP contribution in [0.1, 0.15) is 12.1 Å². The van der Waals surface area contributed by atoms with E-state index in [0.717, 1.165) is 0 Å². The Morgan fingerprint density at radius 2 is 1.95 bits per heavy atom. The molecule has 1 saturated heterocycles. The van der Waals surface area contributed by atoms with Gasteiger partial charge in [0.15, 0.2) is 34.4 Å². The molecule has 21 heteroatoms. The van der Waals surface area contributed by atoms with Gasteiger partial charge in [-0.05, 0) is 11.8 Å². The van der Waals surface area contributed by atoms with Crippen LogP contribution >= 0.6 is 6.72 Å². The Balaban J connectivity index is 1.37. The number of H-pyrrole nitrogens is 1. The summed E-state index contributed by atoms with van der Waals surface area (Å²) in [5, 5.41) is 11.1. The van der Waals surface area contributed by atoms with Crippen LogP contribution in [0.5, 0.6) is 0 Å². The number of aliphatic hydroxyl groups excluding tert-OH is 1. The van der Waals surface area contributed by atoms with Gasteiger partial charge in [-0.1, -0.05) is 0 Å². The van der Waals surface area contributed by atoms with E-state index >= 15 is 0 Å². The lowest BCUT2D eigenvalue weighted by Crippen LogP contribution is -2.36. The van der Waals surface area contributed by atoms with Gasteiger partial charge < -0.3 is 44.8 Å². The number of aliphatic hydroxyl groups is 1. The van der Waals surface area contributed by atoms with E-state index < -0.39 is 49.6 Å². The van der Waals surface area contributed by atoms with Gasteiger partial charge in [0.2, 0.25) is 5.95 Å². The van der Waals surface area contributed by atoms with Crippen molar-refractivity contribution < 1.29 is 38.1 Å². The Kier molecular flexibility index (Phi) is 6.61. The average molecular weight is 596 g/mol. The van der Waals surface area contributed by atoms with Gasteiger partial charge in [0.1, 0.15) is 50.3 Å². The van der Waals surface area contributed by atoms with Crippen LogP contribution in [-0.2, 0) is 48.2 Å². The summed E-state index contributed by atoms with van der Waals surface area (Å²) in [6, 6.07) is 0. The fraction of sp³-hybridized carbons (Fsp3) is 0.421. The molecule has 0 amide bonds. The molecule has 2 aliphatic heterocycles. The van der Waals surface area contributed by atoms with E-state index in [9.17, 15) is 19.6 Å². The van der Waals surface area contributed by atoms with Crippen molar-refractivity contribution in [2.75, 3.05) is 24.7 Å². The summed E-state index contributed by atoms with van der Waals surface area (Å²) in [5.74, 6) is 0.120. The number of nitrogens with one attached hydrogen (secondary N) is 1. The Morgan fingerprint density at radius 3 is 2.77 bits per heavy atom. The van der Waals surface area contributed by atoms with Crippen LogP contribution in [0.15, 0.2) is 17.4 Å². The third-order valence-electron chi connectivity index (χ3n) is 6.19. The molecule has 40 heavy (non-hydrogen) atoms. The quantitative estimate of drug-likeness (QED) is 0.126. The maximum atomic E-state index is 12.3. The van der Waals surface area contributed by atoms with Crippen molar-refractivity contribution in [2.45, 2.75) is 37.7 Å². The first-order chi connectivity index (χ1) is 19.1. The number of hydrogen-bond donors (Lipinski definition) is 5. The molecule has 0 aromatic carbocycles. The summed E-state index contributed by atoms with van der Waals surface area (Å²) < 4.78 is 30.3. The molecule has 4 aromatic heterocycles. The predicted octanol–water partition coefficient (Wildman–Crippen LogP) is -1.33. The predicted molar refractivity (Wildman–Crippen MR) is 136 cm³/mol. The molecule has 2 bridgehead atoms. The highest BCUT2D eigenvalue weighted by Crippen LogP contribution is 2.50. The first kappa shape index (κ1) is 26.4. The van der Waals surface area contributed by atoms with Gasteiger partial charge in [0.05, 0.1) is 12.9 Å². The molecule has 5 atom stereocenters. The van der Waals surface area contributed by atoms with Crippen LogP contribution in [0.4, 0.5) is 16.6 Å². The van der Waals surface area contributed by atoms with Crippen molar-refractivity contribution in [3.8, 4) is 0 Å². The zero-order valence-corrected chi connectivity index (χ0v) is 21.9. The molecule has 19 nitrogen and oxygen atoms in total. The van der Waals surface area contributed by atoms with Gasteiger partial charge >= 0.3 is 12.9 Å². The van der Waals surface area contributed by atoms with Crippen LogP contribution < -0.4 is 17.0 Å². The number of nitrogens with zero attached hydrogens (tertiary/aromatic N) is 7. The third kappa shape index (κ3) is 4.74. The largest absolute Gasteiger partial charge is 0.508 e. The van der Waals surface area contributed by atoms with Gasteiger partial charge in [-0.2, -0.15) is 4.98 Å². The Bertz CT molecular complexity index is 1730. The number of cyclic esters (lactones) is 2. The number of aromatic amines is 1. The smallest absolute Gasteiger partial charge is 0.432 e. The number of fused-ring (bicyclic) bond motifs is 6. The van der Waals surface area contributed by atoms with Gasteiger partial charge in [-0.25, -0.2) is 24.7 Å². The molecular formula is C19H21N10O9PS. The highest BCUT2D eigenvalue weighted by molar-refractivity contribution is 8.07. The zero-order valence-electron chi connectivity index (χ0n) is 20.2. The number of ether oxygens (including phenoxy) is 3. The molecule has 0 aliphatic carbocycles. The molecule has 6 heterocycles. The number of anilines is 2. The molecule has 1 unspecified atom stereocenters. The monoisotopic (exact) mass is 596 g/mol. The van der Waals surface area contributed by atoms with Crippen molar-refractivity contribution in [3.05, 3.63) is 28.8 Å². The summed E-state index contributed by atoms with van der Waals surface area (Å²) in [5.41, 5.74) is 11.5. The Morgan fingerprint density at radius 1 is 1.12 bits per heavy atom. The van der Waals surface area contributed by atoms with Crippen molar-refractivity contribution in [1.29, 1.82) is 0 Å². The maximum Gasteiger partial charge on any atom is 0.508 e. The van der Waals surface area contributed by atoms with Gasteiger partial charge in [-0.3, -0.25) is 18.9 Å². The van der Waals surface area contributed by atoms with E-state index in [2.05, 4.69) is 29.9 Å². The maximum absolute atomic E-state index is 12.3. The second-order valence-corrected chi connectivity index (χ2v) is 11.5.